The van der Waals surface area contributed by atoms with E-state index in [1.807, 2.05) is 55.5 Å². The van der Waals surface area contributed by atoms with Crippen LogP contribution in [-0.4, -0.2) is 29.3 Å². The third-order valence-electron chi connectivity index (χ3n) is 5.48. The molecule has 2 N–H and O–H groups in total. The summed E-state index contributed by atoms with van der Waals surface area (Å²) in [6.07, 6.45) is 0.375. The maximum atomic E-state index is 13.2. The zero-order chi connectivity index (χ0) is 23.4. The van der Waals surface area contributed by atoms with Gasteiger partial charge in [-0.05, 0) is 48.4 Å². The minimum atomic E-state index is -1.17. The Morgan fingerprint density at radius 2 is 1.67 bits per heavy atom. The van der Waals surface area contributed by atoms with Crippen LogP contribution in [0.15, 0.2) is 88.7 Å². The molecule has 0 unspecified atom stereocenters. The average molecular weight is 480 g/mol. The van der Waals surface area contributed by atoms with Crippen LogP contribution in [0.2, 0.25) is 5.02 Å². The van der Waals surface area contributed by atoms with Crippen LogP contribution in [-0.2, 0) is 15.1 Å². The third kappa shape index (κ3) is 4.74. The zero-order valence-electron chi connectivity index (χ0n) is 17.9. The Hall–Kier alpha value is -3.29. The summed E-state index contributed by atoms with van der Waals surface area (Å²) in [6, 6.07) is 23.3. The average Bonchev–Trinajstić information content (AvgIpc) is 3.07. The Kier molecular flexibility index (Phi) is 6.72. The first-order chi connectivity index (χ1) is 15.9. The van der Waals surface area contributed by atoms with E-state index in [1.165, 1.54) is 11.8 Å². The second kappa shape index (κ2) is 9.68. The number of halogens is 1. The van der Waals surface area contributed by atoms with Crippen molar-refractivity contribution in [2.75, 3.05) is 11.9 Å². The van der Waals surface area contributed by atoms with Crippen molar-refractivity contribution in [1.82, 2.24) is 10.2 Å². The van der Waals surface area contributed by atoms with Crippen LogP contribution in [0.5, 0.6) is 0 Å². The number of para-hydroxylation sites is 1. The summed E-state index contributed by atoms with van der Waals surface area (Å²) >= 11 is 7.43. The van der Waals surface area contributed by atoms with E-state index < -0.39 is 23.4 Å². The van der Waals surface area contributed by atoms with Crippen molar-refractivity contribution in [3.63, 3.8) is 0 Å². The summed E-state index contributed by atoms with van der Waals surface area (Å²) < 4.78 is 0. The molecule has 1 aliphatic rings. The van der Waals surface area contributed by atoms with E-state index in [0.717, 1.165) is 14.7 Å². The normalized spacial score (nSPS) is 17.7. The molecule has 0 aromatic heterocycles. The lowest BCUT2D eigenvalue weighted by atomic mass is 9.87. The van der Waals surface area contributed by atoms with Gasteiger partial charge in [-0.15, -0.1) is 0 Å². The predicted octanol–water partition coefficient (Wildman–Crippen LogP) is 5.29. The first kappa shape index (κ1) is 22.9. The molecule has 0 spiro atoms. The number of rotatable bonds is 7. The summed E-state index contributed by atoms with van der Waals surface area (Å²) in [6.45, 7) is 1.46. The van der Waals surface area contributed by atoms with Gasteiger partial charge in [0.05, 0.1) is 5.69 Å². The molecule has 33 heavy (non-hydrogen) atoms. The second-order valence-electron chi connectivity index (χ2n) is 7.55. The molecule has 1 saturated heterocycles. The molecule has 6 nitrogen and oxygen atoms in total. The van der Waals surface area contributed by atoms with Crippen LogP contribution in [0.1, 0.15) is 18.9 Å². The molecule has 1 heterocycles. The molecule has 1 atom stereocenters. The molecule has 0 bridgehead atoms. The molecule has 3 aromatic rings. The van der Waals surface area contributed by atoms with Crippen LogP contribution in [0.3, 0.4) is 0 Å². The molecular formula is C25H22ClN3O3S. The second-order valence-corrected chi connectivity index (χ2v) is 9.10. The Morgan fingerprint density at radius 3 is 2.36 bits per heavy atom. The number of anilines is 1. The number of hydrogen-bond donors (Lipinski definition) is 2. The van der Waals surface area contributed by atoms with Crippen molar-refractivity contribution in [2.24, 2.45) is 0 Å². The topological polar surface area (TPSA) is 78.5 Å². The van der Waals surface area contributed by atoms with Gasteiger partial charge in [0.15, 0.2) is 0 Å². The van der Waals surface area contributed by atoms with Gasteiger partial charge in [0.1, 0.15) is 12.1 Å². The molecule has 168 valence electrons. The number of benzene rings is 3. The van der Waals surface area contributed by atoms with E-state index in [1.54, 1.807) is 30.3 Å². The number of amides is 4. The number of hydrogen-bond acceptors (Lipinski definition) is 4. The Bertz CT molecular complexity index is 1190. The van der Waals surface area contributed by atoms with Crippen LogP contribution in [0.25, 0.3) is 0 Å². The monoisotopic (exact) mass is 479 g/mol. The molecule has 1 fully saturated rings. The molecule has 0 saturated carbocycles. The molecule has 1 aliphatic heterocycles. The summed E-state index contributed by atoms with van der Waals surface area (Å²) in [7, 11) is 0. The summed E-state index contributed by atoms with van der Waals surface area (Å²) in [5, 5.41) is 6.28. The highest BCUT2D eigenvalue weighted by atomic mass is 35.5. The van der Waals surface area contributed by atoms with Crippen LogP contribution in [0, 0.1) is 0 Å². The van der Waals surface area contributed by atoms with Crippen LogP contribution in [0.4, 0.5) is 10.5 Å². The quantitative estimate of drug-likeness (QED) is 0.451. The highest BCUT2D eigenvalue weighted by molar-refractivity contribution is 7.99. The SMILES string of the molecule is CC[C@@]1(c2ccccc2)NC(=O)N(CC(=O)Nc2ccccc2Sc2ccc(Cl)cc2)C1=O. The predicted molar refractivity (Wildman–Crippen MR) is 129 cm³/mol. The van der Waals surface area contributed by atoms with Gasteiger partial charge in [-0.3, -0.25) is 14.5 Å². The van der Waals surface area contributed by atoms with Gasteiger partial charge in [-0.1, -0.05) is 72.8 Å². The van der Waals surface area contributed by atoms with Crippen molar-refractivity contribution < 1.29 is 14.4 Å². The third-order valence-corrected chi connectivity index (χ3v) is 6.81. The fourth-order valence-electron chi connectivity index (χ4n) is 3.75. The number of carbonyl (C=O) groups is 3. The van der Waals surface area contributed by atoms with Crippen molar-refractivity contribution in [3.05, 3.63) is 89.4 Å². The summed E-state index contributed by atoms with van der Waals surface area (Å²) in [5.74, 6) is -0.886. The number of imide groups is 1. The van der Waals surface area contributed by atoms with Gasteiger partial charge < -0.3 is 10.6 Å². The summed E-state index contributed by atoms with van der Waals surface area (Å²) in [5.41, 5.74) is 0.124. The zero-order valence-corrected chi connectivity index (χ0v) is 19.5. The molecule has 4 amide bonds. The van der Waals surface area contributed by atoms with E-state index >= 15 is 0 Å². The van der Waals surface area contributed by atoms with Gasteiger partial charge in [-0.2, -0.15) is 0 Å². The number of carbonyl (C=O) groups excluding carboxylic acids is 3. The fraction of sp³-hybridized carbons (Fsp3) is 0.160. The van der Waals surface area contributed by atoms with Gasteiger partial charge in [0, 0.05) is 14.8 Å². The number of nitrogens with zero attached hydrogens (tertiary/aromatic N) is 1. The maximum Gasteiger partial charge on any atom is 0.325 e. The Morgan fingerprint density at radius 1 is 1.00 bits per heavy atom. The molecule has 3 aromatic carbocycles. The largest absolute Gasteiger partial charge is 0.325 e. The van der Waals surface area contributed by atoms with Gasteiger partial charge in [0.25, 0.3) is 5.91 Å². The lowest BCUT2D eigenvalue weighted by molar-refractivity contribution is -0.134. The Labute approximate surface area is 201 Å². The van der Waals surface area contributed by atoms with Gasteiger partial charge in [-0.25, -0.2) is 4.79 Å². The maximum absolute atomic E-state index is 13.2. The van der Waals surface area contributed by atoms with Crippen LogP contribution >= 0.6 is 23.4 Å². The highest BCUT2D eigenvalue weighted by Crippen LogP contribution is 2.35. The van der Waals surface area contributed by atoms with Crippen molar-refractivity contribution in [2.45, 2.75) is 28.7 Å². The standard InChI is InChI=1S/C25H22ClN3O3S/c1-2-25(17-8-4-3-5-9-17)23(31)29(24(32)28-25)16-22(30)27-20-10-6-7-11-21(20)33-19-14-12-18(26)13-15-19/h3-15H,2,16H2,1H3,(H,27,30)(H,28,32)/t25-/m0/s1. The van der Waals surface area contributed by atoms with E-state index in [2.05, 4.69) is 10.6 Å². The van der Waals surface area contributed by atoms with Crippen molar-refractivity contribution in [1.29, 1.82) is 0 Å². The minimum Gasteiger partial charge on any atom is -0.323 e. The lowest BCUT2D eigenvalue weighted by Crippen LogP contribution is -2.44. The van der Waals surface area contributed by atoms with Gasteiger partial charge in [0.2, 0.25) is 5.91 Å². The molecule has 4 rings (SSSR count). The minimum absolute atomic E-state index is 0.375. The van der Waals surface area contributed by atoms with E-state index in [-0.39, 0.29) is 6.54 Å². The van der Waals surface area contributed by atoms with E-state index in [4.69, 9.17) is 11.6 Å². The van der Waals surface area contributed by atoms with Crippen molar-refractivity contribution >= 4 is 46.9 Å². The summed E-state index contributed by atoms with van der Waals surface area (Å²) in [4.78, 5) is 41.5. The lowest BCUT2D eigenvalue weighted by Gasteiger charge is -2.25. The van der Waals surface area contributed by atoms with Crippen molar-refractivity contribution in [3.8, 4) is 0 Å². The molecule has 0 aliphatic carbocycles. The van der Waals surface area contributed by atoms with E-state index in [9.17, 15) is 14.4 Å². The molecule has 8 heteroatoms. The molecular weight excluding hydrogens is 458 g/mol. The first-order valence-corrected chi connectivity index (χ1v) is 11.6. The Balaban J connectivity index is 1.49. The highest BCUT2D eigenvalue weighted by Gasteiger charge is 2.51. The number of urea groups is 1. The first-order valence-electron chi connectivity index (χ1n) is 10.4. The number of nitrogens with one attached hydrogen (secondary N) is 2. The fourth-order valence-corrected chi connectivity index (χ4v) is 4.78. The van der Waals surface area contributed by atoms with Gasteiger partial charge >= 0.3 is 6.03 Å². The molecule has 0 radical (unpaired) electrons. The van der Waals surface area contributed by atoms with Crippen LogP contribution < -0.4 is 10.6 Å². The van der Waals surface area contributed by atoms with E-state index in [0.29, 0.717) is 22.7 Å². The smallest absolute Gasteiger partial charge is 0.323 e.